The summed E-state index contributed by atoms with van der Waals surface area (Å²) >= 11 is 1.26. The largest absolute Gasteiger partial charge is 0.367 e. The van der Waals surface area contributed by atoms with Gasteiger partial charge in [-0.2, -0.15) is 9.36 Å². The van der Waals surface area contributed by atoms with Crippen LogP contribution in [0.1, 0.15) is 11.1 Å². The number of nitrogens with zero attached hydrogens (tertiary/aromatic N) is 3. The fraction of sp³-hybridized carbons (Fsp3) is 0.222. The van der Waals surface area contributed by atoms with Crippen LogP contribution in [0, 0.1) is 6.92 Å². The maximum absolute atomic E-state index is 5.41. The molecule has 15 heavy (non-hydrogen) atoms. The molecule has 0 fully saturated rings. The molecule has 0 atom stereocenters. The molecule has 6 heteroatoms. The number of hydrogen-bond acceptors (Lipinski definition) is 6. The zero-order valence-electron chi connectivity index (χ0n) is 8.27. The Morgan fingerprint density at radius 1 is 1.53 bits per heavy atom. The Labute approximate surface area is 91.5 Å². The minimum atomic E-state index is 0.311. The lowest BCUT2D eigenvalue weighted by atomic mass is 10.2. The van der Waals surface area contributed by atoms with Gasteiger partial charge >= 0.3 is 0 Å². The zero-order chi connectivity index (χ0) is 10.7. The summed E-state index contributed by atoms with van der Waals surface area (Å²) in [5, 5.41) is 3.88. The Balaban J connectivity index is 2.02. The van der Waals surface area contributed by atoms with Crippen LogP contribution in [0.25, 0.3) is 0 Å². The van der Waals surface area contributed by atoms with E-state index in [4.69, 9.17) is 5.73 Å². The van der Waals surface area contributed by atoms with Gasteiger partial charge in [-0.3, -0.25) is 4.98 Å². The normalized spacial score (nSPS) is 10.2. The smallest absolute Gasteiger partial charge is 0.233 e. The third kappa shape index (κ3) is 2.41. The van der Waals surface area contributed by atoms with E-state index in [-0.39, 0.29) is 0 Å². The first-order valence-corrected chi connectivity index (χ1v) is 5.25. The first-order valence-electron chi connectivity index (χ1n) is 4.48. The molecule has 0 amide bonds. The van der Waals surface area contributed by atoms with Gasteiger partial charge in [0.2, 0.25) is 11.1 Å². The minimum Gasteiger partial charge on any atom is -0.367 e. The zero-order valence-corrected chi connectivity index (χ0v) is 9.08. The van der Waals surface area contributed by atoms with Gasteiger partial charge in [-0.15, -0.1) is 0 Å². The molecule has 2 aromatic rings. The highest BCUT2D eigenvalue weighted by atomic mass is 32.1. The van der Waals surface area contributed by atoms with Crippen molar-refractivity contribution in [3.63, 3.8) is 0 Å². The third-order valence-electron chi connectivity index (χ3n) is 2.02. The molecule has 5 nitrogen and oxygen atoms in total. The molecular weight excluding hydrogens is 210 g/mol. The fourth-order valence-corrected chi connectivity index (χ4v) is 1.65. The molecular formula is C9H11N5S. The van der Waals surface area contributed by atoms with Crippen LogP contribution in [0.3, 0.4) is 0 Å². The van der Waals surface area contributed by atoms with E-state index >= 15 is 0 Å². The Hall–Kier alpha value is -1.69. The van der Waals surface area contributed by atoms with Crippen molar-refractivity contribution >= 4 is 22.6 Å². The Morgan fingerprint density at radius 2 is 2.40 bits per heavy atom. The van der Waals surface area contributed by atoms with E-state index < -0.39 is 0 Å². The van der Waals surface area contributed by atoms with Crippen LogP contribution in [0.5, 0.6) is 0 Å². The first kappa shape index (κ1) is 9.85. The van der Waals surface area contributed by atoms with E-state index in [0.717, 1.165) is 10.7 Å². The van der Waals surface area contributed by atoms with Gasteiger partial charge in [0.05, 0.1) is 0 Å². The topological polar surface area (TPSA) is 76.7 Å². The Kier molecular flexibility index (Phi) is 2.77. The molecule has 0 aromatic carbocycles. The van der Waals surface area contributed by atoms with Gasteiger partial charge in [0.1, 0.15) is 0 Å². The number of hydrogen-bond donors (Lipinski definition) is 2. The van der Waals surface area contributed by atoms with Crippen molar-refractivity contribution in [2.24, 2.45) is 0 Å². The lowest BCUT2D eigenvalue weighted by Crippen LogP contribution is -2.01. The summed E-state index contributed by atoms with van der Waals surface area (Å²) in [5.74, 6) is 0.311. The molecule has 0 saturated carbocycles. The predicted molar refractivity (Wildman–Crippen MR) is 60.6 cm³/mol. The van der Waals surface area contributed by atoms with Gasteiger partial charge in [0.25, 0.3) is 0 Å². The van der Waals surface area contributed by atoms with Gasteiger partial charge in [-0.25, -0.2) is 0 Å². The standard InChI is InChI=1S/C9H11N5S/c1-6-2-3-11-4-7(6)5-12-9-13-8(10)14-15-9/h2-4H,5H2,1H3,(H3,10,12,13,14). The second kappa shape index (κ2) is 4.22. The second-order valence-corrected chi connectivity index (χ2v) is 3.87. The van der Waals surface area contributed by atoms with E-state index in [0.29, 0.717) is 12.5 Å². The Bertz CT molecular complexity index is 453. The predicted octanol–water partition coefficient (Wildman–Crippen LogP) is 1.44. The monoisotopic (exact) mass is 221 g/mol. The maximum Gasteiger partial charge on any atom is 0.233 e. The summed E-state index contributed by atoms with van der Waals surface area (Å²) in [7, 11) is 0. The van der Waals surface area contributed by atoms with E-state index in [1.54, 1.807) is 6.20 Å². The summed E-state index contributed by atoms with van der Waals surface area (Å²) in [6.07, 6.45) is 3.62. The van der Waals surface area contributed by atoms with Gasteiger partial charge in [-0.1, -0.05) is 0 Å². The fourth-order valence-electron chi connectivity index (χ4n) is 1.16. The Morgan fingerprint density at radius 3 is 3.07 bits per heavy atom. The molecule has 0 aliphatic heterocycles. The second-order valence-electron chi connectivity index (χ2n) is 3.11. The van der Waals surface area contributed by atoms with Crippen LogP contribution in [0.4, 0.5) is 11.1 Å². The summed E-state index contributed by atoms with van der Waals surface area (Å²) in [6, 6.07) is 1.98. The molecule has 0 unspecified atom stereocenters. The number of aromatic nitrogens is 3. The molecule has 0 saturated heterocycles. The SMILES string of the molecule is Cc1ccncc1CNc1nc(N)ns1. The molecule has 0 aliphatic carbocycles. The molecule has 0 bridgehead atoms. The van der Waals surface area contributed by atoms with E-state index in [1.807, 2.05) is 19.2 Å². The van der Waals surface area contributed by atoms with Crippen molar-refractivity contribution in [1.82, 2.24) is 14.3 Å². The van der Waals surface area contributed by atoms with Crippen molar-refractivity contribution in [2.45, 2.75) is 13.5 Å². The quantitative estimate of drug-likeness (QED) is 0.820. The van der Waals surface area contributed by atoms with Crippen LogP contribution >= 0.6 is 11.5 Å². The number of nitrogen functional groups attached to an aromatic ring is 1. The minimum absolute atomic E-state index is 0.311. The summed E-state index contributed by atoms with van der Waals surface area (Å²) in [6.45, 7) is 2.74. The van der Waals surface area contributed by atoms with E-state index in [1.165, 1.54) is 17.1 Å². The first-order chi connectivity index (χ1) is 7.25. The van der Waals surface area contributed by atoms with Crippen molar-refractivity contribution < 1.29 is 0 Å². The molecule has 78 valence electrons. The summed E-state index contributed by atoms with van der Waals surface area (Å²) in [5.41, 5.74) is 7.76. The number of anilines is 2. The van der Waals surface area contributed by atoms with Gasteiger partial charge in [-0.05, 0) is 24.1 Å². The lowest BCUT2D eigenvalue weighted by Gasteiger charge is -2.04. The number of pyridine rings is 1. The van der Waals surface area contributed by atoms with E-state index in [9.17, 15) is 0 Å². The third-order valence-corrected chi connectivity index (χ3v) is 2.71. The number of aryl methyl sites for hydroxylation is 1. The van der Waals surface area contributed by atoms with Crippen molar-refractivity contribution in [2.75, 3.05) is 11.1 Å². The average molecular weight is 221 g/mol. The van der Waals surface area contributed by atoms with Crippen LogP contribution < -0.4 is 11.1 Å². The highest BCUT2D eigenvalue weighted by Crippen LogP contribution is 2.14. The lowest BCUT2D eigenvalue weighted by molar-refractivity contribution is 1.07. The summed E-state index contributed by atoms with van der Waals surface area (Å²) in [4.78, 5) is 8.07. The maximum atomic E-state index is 5.41. The van der Waals surface area contributed by atoms with Crippen LogP contribution in [-0.4, -0.2) is 14.3 Å². The van der Waals surface area contributed by atoms with E-state index in [2.05, 4.69) is 19.7 Å². The molecule has 2 rings (SSSR count). The number of nitrogens with two attached hydrogens (primary N) is 1. The van der Waals surface area contributed by atoms with Crippen molar-refractivity contribution in [1.29, 1.82) is 0 Å². The highest BCUT2D eigenvalue weighted by molar-refractivity contribution is 7.09. The molecule has 0 spiro atoms. The van der Waals surface area contributed by atoms with Crippen LogP contribution in [0.15, 0.2) is 18.5 Å². The van der Waals surface area contributed by atoms with Crippen LogP contribution in [-0.2, 0) is 6.54 Å². The van der Waals surface area contributed by atoms with Gasteiger partial charge in [0.15, 0.2) is 0 Å². The average Bonchev–Trinajstić information content (AvgIpc) is 2.63. The van der Waals surface area contributed by atoms with Crippen molar-refractivity contribution in [3.05, 3.63) is 29.6 Å². The van der Waals surface area contributed by atoms with Crippen molar-refractivity contribution in [3.8, 4) is 0 Å². The molecule has 0 radical (unpaired) electrons. The van der Waals surface area contributed by atoms with Gasteiger partial charge < -0.3 is 11.1 Å². The molecule has 2 aromatic heterocycles. The highest BCUT2D eigenvalue weighted by Gasteiger charge is 2.01. The molecule has 2 heterocycles. The van der Waals surface area contributed by atoms with Gasteiger partial charge in [0, 0.05) is 30.5 Å². The number of rotatable bonds is 3. The number of nitrogens with one attached hydrogen (secondary N) is 1. The summed E-state index contributed by atoms with van der Waals surface area (Å²) < 4.78 is 3.88. The van der Waals surface area contributed by atoms with Crippen LogP contribution in [0.2, 0.25) is 0 Å². The molecule has 3 N–H and O–H groups in total. The molecule has 0 aliphatic rings.